The molecule has 4 unspecified atom stereocenters. The zero-order valence-corrected chi connectivity index (χ0v) is 17.1. The van der Waals surface area contributed by atoms with E-state index in [1.54, 1.807) is 0 Å². The Labute approximate surface area is 172 Å². The predicted octanol–water partition coefficient (Wildman–Crippen LogP) is 5.70. The average Bonchev–Trinajstić information content (AvgIpc) is 3.13. The third kappa shape index (κ3) is 1.90. The highest BCUT2D eigenvalue weighted by Gasteiger charge is 2.99. The SMILES string of the molecule is COC(=O)C12C(c3ccccc3)C(c3ccccc3)C1(c1ccccc1)C2(C)C. The zero-order valence-electron chi connectivity index (χ0n) is 17.1. The fourth-order valence-corrected chi connectivity index (χ4v) is 6.99. The second-order valence-electron chi connectivity index (χ2n) is 8.88. The number of benzene rings is 3. The number of hydrogen-bond donors (Lipinski definition) is 0. The lowest BCUT2D eigenvalue weighted by Crippen LogP contribution is -2.50. The van der Waals surface area contributed by atoms with E-state index < -0.39 is 5.41 Å². The average molecular weight is 383 g/mol. The standard InChI is InChI=1S/C27H26O2/c1-25(2)26(21-17-11-6-12-18-21)22(19-13-7-4-8-14-19)23(20-15-9-5-10-16-20)27(25,26)24(28)29-3/h4-18,22-23H,1-3H3. The molecule has 5 rings (SSSR count). The third-order valence-corrected chi connectivity index (χ3v) is 7.85. The maximum Gasteiger partial charge on any atom is 0.313 e. The molecule has 2 saturated carbocycles. The van der Waals surface area contributed by atoms with Crippen molar-refractivity contribution in [2.45, 2.75) is 31.1 Å². The molecule has 3 aromatic rings. The first-order valence-corrected chi connectivity index (χ1v) is 10.3. The van der Waals surface area contributed by atoms with E-state index in [9.17, 15) is 4.79 Å². The summed E-state index contributed by atoms with van der Waals surface area (Å²) in [5.74, 6) is 0.198. The number of fused-ring (bicyclic) bond motifs is 1. The van der Waals surface area contributed by atoms with Crippen molar-refractivity contribution in [3.8, 4) is 0 Å². The summed E-state index contributed by atoms with van der Waals surface area (Å²) in [6, 6.07) is 31.7. The van der Waals surface area contributed by atoms with Crippen LogP contribution in [0.4, 0.5) is 0 Å². The molecule has 2 aliphatic rings. The summed E-state index contributed by atoms with van der Waals surface area (Å²) >= 11 is 0. The lowest BCUT2D eigenvalue weighted by atomic mass is 9.51. The Morgan fingerprint density at radius 3 is 1.66 bits per heavy atom. The minimum absolute atomic E-state index is 0.0776. The quantitative estimate of drug-likeness (QED) is 0.541. The molecular weight excluding hydrogens is 356 g/mol. The van der Waals surface area contributed by atoms with Crippen LogP contribution in [0.2, 0.25) is 0 Å². The van der Waals surface area contributed by atoms with E-state index in [1.165, 1.54) is 23.8 Å². The highest BCUT2D eigenvalue weighted by molar-refractivity contribution is 5.93. The zero-order chi connectivity index (χ0) is 20.3. The molecule has 0 heterocycles. The van der Waals surface area contributed by atoms with Gasteiger partial charge in [0.25, 0.3) is 0 Å². The van der Waals surface area contributed by atoms with E-state index in [4.69, 9.17) is 4.74 Å². The van der Waals surface area contributed by atoms with Gasteiger partial charge in [-0.1, -0.05) is 105 Å². The molecule has 0 spiro atoms. The molecule has 0 N–H and O–H groups in total. The summed E-state index contributed by atoms with van der Waals surface area (Å²) in [4.78, 5) is 13.5. The fraction of sp³-hybridized carbons (Fsp3) is 0.296. The molecule has 3 aromatic carbocycles. The summed E-state index contributed by atoms with van der Waals surface area (Å²) in [5.41, 5.74) is 2.65. The van der Waals surface area contributed by atoms with E-state index in [-0.39, 0.29) is 28.6 Å². The third-order valence-electron chi connectivity index (χ3n) is 7.85. The van der Waals surface area contributed by atoms with E-state index in [0.717, 1.165) is 0 Å². The molecule has 0 saturated heterocycles. The van der Waals surface area contributed by atoms with Crippen molar-refractivity contribution >= 4 is 5.97 Å². The molecule has 29 heavy (non-hydrogen) atoms. The molecule has 0 aliphatic heterocycles. The molecular formula is C27H26O2. The Kier molecular flexibility index (Phi) is 3.80. The normalized spacial score (nSPS) is 31.3. The molecule has 146 valence electrons. The minimum atomic E-state index is -0.571. The maximum absolute atomic E-state index is 13.5. The van der Waals surface area contributed by atoms with Gasteiger partial charge in [-0.25, -0.2) is 0 Å². The Hall–Kier alpha value is -2.87. The number of carbonyl (C=O) groups is 1. The molecule has 2 heteroatoms. The van der Waals surface area contributed by atoms with Gasteiger partial charge in [-0.15, -0.1) is 0 Å². The number of rotatable bonds is 4. The number of ether oxygens (including phenoxy) is 1. The number of hydrogen-bond acceptors (Lipinski definition) is 2. The van der Waals surface area contributed by atoms with Crippen molar-refractivity contribution in [1.82, 2.24) is 0 Å². The summed E-state index contributed by atoms with van der Waals surface area (Å²) in [6.07, 6.45) is 0. The Bertz CT molecular complexity index is 1040. The second kappa shape index (κ2) is 6.06. The van der Waals surface area contributed by atoms with E-state index in [1.807, 2.05) is 12.1 Å². The van der Waals surface area contributed by atoms with Crippen molar-refractivity contribution < 1.29 is 9.53 Å². The van der Waals surface area contributed by atoms with Crippen LogP contribution in [0, 0.1) is 10.8 Å². The highest BCUT2D eigenvalue weighted by atomic mass is 16.5. The molecule has 0 amide bonds. The van der Waals surface area contributed by atoms with Gasteiger partial charge in [0.2, 0.25) is 0 Å². The van der Waals surface area contributed by atoms with Gasteiger partial charge in [-0.2, -0.15) is 0 Å². The van der Waals surface area contributed by atoms with Gasteiger partial charge >= 0.3 is 5.97 Å². The van der Waals surface area contributed by atoms with Crippen molar-refractivity contribution in [3.05, 3.63) is 108 Å². The lowest BCUT2D eigenvalue weighted by molar-refractivity contribution is -0.154. The van der Waals surface area contributed by atoms with Gasteiger partial charge in [-0.05, 0) is 22.1 Å². The Morgan fingerprint density at radius 2 is 1.17 bits per heavy atom. The van der Waals surface area contributed by atoms with Gasteiger partial charge < -0.3 is 4.74 Å². The van der Waals surface area contributed by atoms with E-state index in [2.05, 4.69) is 92.7 Å². The number of carbonyl (C=O) groups excluding carboxylic acids is 1. The number of esters is 1. The maximum atomic E-state index is 13.5. The summed E-state index contributed by atoms with van der Waals surface area (Å²) in [6.45, 7) is 4.49. The van der Waals surface area contributed by atoms with Crippen LogP contribution >= 0.6 is 0 Å². The second-order valence-corrected chi connectivity index (χ2v) is 8.88. The van der Waals surface area contributed by atoms with E-state index >= 15 is 0 Å². The summed E-state index contributed by atoms with van der Waals surface area (Å²) in [5, 5.41) is 0. The van der Waals surface area contributed by atoms with Crippen molar-refractivity contribution in [1.29, 1.82) is 0 Å². The monoisotopic (exact) mass is 382 g/mol. The van der Waals surface area contributed by atoms with Crippen LogP contribution in [-0.4, -0.2) is 13.1 Å². The van der Waals surface area contributed by atoms with Gasteiger partial charge in [0.05, 0.1) is 12.5 Å². The molecule has 4 atom stereocenters. The number of methoxy groups -OCH3 is 1. The van der Waals surface area contributed by atoms with Crippen LogP contribution in [0.1, 0.15) is 42.4 Å². The molecule has 0 aromatic heterocycles. The van der Waals surface area contributed by atoms with E-state index in [0.29, 0.717) is 0 Å². The molecule has 0 radical (unpaired) electrons. The highest BCUT2D eigenvalue weighted by Crippen LogP contribution is 2.97. The lowest BCUT2D eigenvalue weighted by Gasteiger charge is -2.50. The first kappa shape index (κ1) is 18.2. The fourth-order valence-electron chi connectivity index (χ4n) is 6.99. The van der Waals surface area contributed by atoms with Crippen LogP contribution in [0.15, 0.2) is 91.0 Å². The molecule has 2 nitrogen and oxygen atoms in total. The summed E-state index contributed by atoms with van der Waals surface area (Å²) in [7, 11) is 1.53. The van der Waals surface area contributed by atoms with Crippen LogP contribution in [0.3, 0.4) is 0 Å². The predicted molar refractivity (Wildman–Crippen MR) is 115 cm³/mol. The molecule has 2 aliphatic carbocycles. The van der Waals surface area contributed by atoms with Crippen molar-refractivity contribution in [3.63, 3.8) is 0 Å². The largest absolute Gasteiger partial charge is 0.469 e. The topological polar surface area (TPSA) is 26.3 Å². The van der Waals surface area contributed by atoms with Crippen LogP contribution in [0.25, 0.3) is 0 Å². The smallest absolute Gasteiger partial charge is 0.313 e. The van der Waals surface area contributed by atoms with Gasteiger partial charge in [-0.3, -0.25) is 4.79 Å². The first-order valence-electron chi connectivity index (χ1n) is 10.3. The molecule has 2 fully saturated rings. The van der Waals surface area contributed by atoms with Gasteiger partial charge in [0.1, 0.15) is 0 Å². The van der Waals surface area contributed by atoms with Crippen molar-refractivity contribution in [2.24, 2.45) is 10.8 Å². The van der Waals surface area contributed by atoms with Crippen LogP contribution < -0.4 is 0 Å². The first-order chi connectivity index (χ1) is 14.0. The van der Waals surface area contributed by atoms with Gasteiger partial charge in [0, 0.05) is 17.3 Å². The summed E-state index contributed by atoms with van der Waals surface area (Å²) < 4.78 is 5.48. The van der Waals surface area contributed by atoms with Gasteiger partial charge in [0.15, 0.2) is 0 Å². The Morgan fingerprint density at radius 1 is 0.724 bits per heavy atom. The van der Waals surface area contributed by atoms with Crippen LogP contribution in [0.5, 0.6) is 0 Å². The van der Waals surface area contributed by atoms with Crippen LogP contribution in [-0.2, 0) is 14.9 Å². The molecule has 0 bridgehead atoms. The minimum Gasteiger partial charge on any atom is -0.469 e. The Balaban J connectivity index is 1.81. The van der Waals surface area contributed by atoms with Crippen molar-refractivity contribution in [2.75, 3.05) is 7.11 Å².